The maximum Gasteiger partial charge on any atom is 0.227 e. The van der Waals surface area contributed by atoms with Crippen molar-refractivity contribution in [3.8, 4) is 11.1 Å². The lowest BCUT2D eigenvalue weighted by molar-refractivity contribution is -0.122. The molecule has 0 saturated heterocycles. The van der Waals surface area contributed by atoms with E-state index < -0.39 is 0 Å². The average Bonchev–Trinajstić information content (AvgIpc) is 2.82. The average molecular weight is 442 g/mol. The molecule has 0 spiro atoms. The van der Waals surface area contributed by atoms with E-state index >= 15 is 0 Å². The van der Waals surface area contributed by atoms with Crippen LogP contribution >= 0.6 is 0 Å². The van der Waals surface area contributed by atoms with Crippen LogP contribution in [-0.4, -0.2) is 30.8 Å². The predicted molar refractivity (Wildman–Crippen MR) is 133 cm³/mol. The molecule has 5 heteroatoms. The maximum absolute atomic E-state index is 12.6. The molecule has 4 rings (SSSR count). The molecule has 33 heavy (non-hydrogen) atoms. The molecule has 1 unspecified atom stereocenters. The summed E-state index contributed by atoms with van der Waals surface area (Å²) in [5, 5.41) is 6.00. The summed E-state index contributed by atoms with van der Waals surface area (Å²) < 4.78 is 0. The van der Waals surface area contributed by atoms with Crippen LogP contribution in [0, 0.1) is 5.92 Å². The number of amides is 2. The third-order valence-corrected chi connectivity index (χ3v) is 6.09. The first-order chi connectivity index (χ1) is 16.0. The number of anilines is 1. The molecule has 3 aromatic rings. The van der Waals surface area contributed by atoms with Gasteiger partial charge in [0, 0.05) is 31.1 Å². The van der Waals surface area contributed by atoms with Crippen molar-refractivity contribution < 1.29 is 9.59 Å². The Balaban J connectivity index is 1.33. The van der Waals surface area contributed by atoms with E-state index in [4.69, 9.17) is 0 Å². The van der Waals surface area contributed by atoms with Crippen LogP contribution in [0.3, 0.4) is 0 Å². The van der Waals surface area contributed by atoms with Crippen LogP contribution in [0.4, 0.5) is 5.69 Å². The van der Waals surface area contributed by atoms with Crippen molar-refractivity contribution in [1.29, 1.82) is 0 Å². The molecular weight excluding hydrogens is 410 g/mol. The fourth-order valence-electron chi connectivity index (χ4n) is 4.34. The Bertz CT molecular complexity index is 1120. The summed E-state index contributed by atoms with van der Waals surface area (Å²) in [5.74, 6) is -0.194. The SMILES string of the molecule is CN(C)Cc1ccc(-c2ccccc2CNC(=O)CCC2Cc3ccccc3NC2=O)cc1. The number of hydrogen-bond donors (Lipinski definition) is 2. The molecule has 5 nitrogen and oxygen atoms in total. The standard InChI is InChI=1S/C28H31N3O2/c1-31(2)19-20-11-13-21(14-12-20)25-9-5-3-8-24(25)18-29-27(32)16-15-23-17-22-7-4-6-10-26(22)30-28(23)33/h3-14,23H,15-19H2,1-2H3,(H,29,32)(H,30,33). The highest BCUT2D eigenvalue weighted by Crippen LogP contribution is 2.28. The number of rotatable bonds is 8. The van der Waals surface area contributed by atoms with Gasteiger partial charge < -0.3 is 15.5 Å². The van der Waals surface area contributed by atoms with E-state index in [1.54, 1.807) is 0 Å². The highest BCUT2D eigenvalue weighted by molar-refractivity contribution is 5.96. The Morgan fingerprint density at radius 3 is 2.52 bits per heavy atom. The van der Waals surface area contributed by atoms with Crippen LogP contribution in [0.15, 0.2) is 72.8 Å². The highest BCUT2D eigenvalue weighted by atomic mass is 16.2. The Kier molecular flexibility index (Phi) is 7.20. The lowest BCUT2D eigenvalue weighted by Gasteiger charge is -2.24. The number of para-hydroxylation sites is 1. The minimum atomic E-state index is -0.168. The van der Waals surface area contributed by atoms with Crippen molar-refractivity contribution in [2.75, 3.05) is 19.4 Å². The number of nitrogens with zero attached hydrogens (tertiary/aromatic N) is 1. The zero-order chi connectivity index (χ0) is 23.2. The number of carbonyl (C=O) groups is 2. The molecule has 2 N–H and O–H groups in total. The molecule has 0 aliphatic carbocycles. The van der Waals surface area contributed by atoms with Gasteiger partial charge in [-0.05, 0) is 60.8 Å². The van der Waals surface area contributed by atoms with Crippen LogP contribution in [0.25, 0.3) is 11.1 Å². The summed E-state index contributed by atoms with van der Waals surface area (Å²) >= 11 is 0. The number of hydrogen-bond acceptors (Lipinski definition) is 3. The van der Waals surface area contributed by atoms with Gasteiger partial charge in [-0.15, -0.1) is 0 Å². The smallest absolute Gasteiger partial charge is 0.227 e. The van der Waals surface area contributed by atoms with Gasteiger partial charge in [0.05, 0.1) is 0 Å². The van der Waals surface area contributed by atoms with Crippen LogP contribution in [0.2, 0.25) is 0 Å². The van der Waals surface area contributed by atoms with Gasteiger partial charge in [-0.1, -0.05) is 66.7 Å². The van der Waals surface area contributed by atoms with E-state index in [2.05, 4.69) is 66.0 Å². The first kappa shape index (κ1) is 22.7. The highest BCUT2D eigenvalue weighted by Gasteiger charge is 2.26. The quantitative estimate of drug-likeness (QED) is 0.536. The van der Waals surface area contributed by atoms with E-state index in [-0.39, 0.29) is 17.7 Å². The Hall–Kier alpha value is -3.44. The van der Waals surface area contributed by atoms with Gasteiger partial charge in [0.2, 0.25) is 11.8 Å². The number of benzene rings is 3. The first-order valence-corrected chi connectivity index (χ1v) is 11.5. The number of carbonyl (C=O) groups excluding carboxylic acids is 2. The fourth-order valence-corrected chi connectivity index (χ4v) is 4.34. The van der Waals surface area contributed by atoms with Crippen LogP contribution in [0.5, 0.6) is 0 Å². The van der Waals surface area contributed by atoms with Crippen LogP contribution < -0.4 is 10.6 Å². The molecular formula is C28H31N3O2. The van der Waals surface area contributed by atoms with Gasteiger partial charge >= 0.3 is 0 Å². The summed E-state index contributed by atoms with van der Waals surface area (Å²) in [6.07, 6.45) is 1.56. The van der Waals surface area contributed by atoms with Crippen molar-refractivity contribution in [2.24, 2.45) is 5.92 Å². The Morgan fingerprint density at radius 1 is 1.00 bits per heavy atom. The Labute approximate surface area is 195 Å². The van der Waals surface area contributed by atoms with Crippen molar-refractivity contribution in [2.45, 2.75) is 32.4 Å². The van der Waals surface area contributed by atoms with Crippen molar-refractivity contribution in [3.05, 3.63) is 89.5 Å². The van der Waals surface area contributed by atoms with Crippen LogP contribution in [-0.2, 0) is 29.1 Å². The second-order valence-corrected chi connectivity index (χ2v) is 8.95. The maximum atomic E-state index is 12.6. The molecule has 0 bridgehead atoms. The lowest BCUT2D eigenvalue weighted by atomic mass is 9.89. The molecule has 1 aliphatic heterocycles. The Morgan fingerprint density at radius 2 is 1.73 bits per heavy atom. The molecule has 1 aliphatic rings. The minimum absolute atomic E-state index is 0.00422. The number of fused-ring (bicyclic) bond motifs is 1. The normalized spacial score (nSPS) is 15.1. The number of nitrogens with one attached hydrogen (secondary N) is 2. The molecule has 3 aromatic carbocycles. The minimum Gasteiger partial charge on any atom is -0.352 e. The monoisotopic (exact) mass is 441 g/mol. The van der Waals surface area contributed by atoms with E-state index in [9.17, 15) is 9.59 Å². The molecule has 170 valence electrons. The van der Waals surface area contributed by atoms with Gasteiger partial charge in [0.25, 0.3) is 0 Å². The molecule has 2 amide bonds. The molecule has 1 atom stereocenters. The molecule has 0 saturated carbocycles. The molecule has 0 aromatic heterocycles. The molecule has 0 radical (unpaired) electrons. The van der Waals surface area contributed by atoms with Gasteiger partial charge in [-0.25, -0.2) is 0 Å². The van der Waals surface area contributed by atoms with Gasteiger partial charge in [0.15, 0.2) is 0 Å². The summed E-state index contributed by atoms with van der Waals surface area (Å²) in [6.45, 7) is 1.37. The zero-order valence-corrected chi connectivity index (χ0v) is 19.3. The van der Waals surface area contributed by atoms with Gasteiger partial charge in [-0.3, -0.25) is 9.59 Å². The first-order valence-electron chi connectivity index (χ1n) is 11.5. The van der Waals surface area contributed by atoms with E-state index in [0.717, 1.165) is 34.5 Å². The van der Waals surface area contributed by atoms with E-state index in [0.29, 0.717) is 25.8 Å². The second kappa shape index (κ2) is 10.5. The third-order valence-electron chi connectivity index (χ3n) is 6.09. The van der Waals surface area contributed by atoms with Crippen molar-refractivity contribution in [3.63, 3.8) is 0 Å². The van der Waals surface area contributed by atoms with Crippen LogP contribution in [0.1, 0.15) is 29.5 Å². The van der Waals surface area contributed by atoms with Gasteiger partial charge in [-0.2, -0.15) is 0 Å². The molecule has 1 heterocycles. The topological polar surface area (TPSA) is 61.4 Å². The summed E-state index contributed by atoms with van der Waals surface area (Å²) in [4.78, 5) is 27.1. The van der Waals surface area contributed by atoms with Crippen molar-refractivity contribution >= 4 is 17.5 Å². The van der Waals surface area contributed by atoms with E-state index in [1.807, 2.05) is 36.4 Å². The third kappa shape index (κ3) is 5.88. The summed E-state index contributed by atoms with van der Waals surface area (Å²) in [7, 11) is 4.12. The van der Waals surface area contributed by atoms with E-state index in [1.165, 1.54) is 5.56 Å². The molecule has 0 fully saturated rings. The summed E-state index contributed by atoms with van der Waals surface area (Å²) in [6, 6.07) is 24.6. The zero-order valence-electron chi connectivity index (χ0n) is 19.3. The largest absolute Gasteiger partial charge is 0.352 e. The summed E-state index contributed by atoms with van der Waals surface area (Å²) in [5.41, 5.74) is 6.62. The predicted octanol–water partition coefficient (Wildman–Crippen LogP) is 4.62. The fraction of sp³-hybridized carbons (Fsp3) is 0.286. The second-order valence-electron chi connectivity index (χ2n) is 8.95. The van der Waals surface area contributed by atoms with Crippen molar-refractivity contribution in [1.82, 2.24) is 10.2 Å². The lowest BCUT2D eigenvalue weighted by Crippen LogP contribution is -2.31. The van der Waals surface area contributed by atoms with Gasteiger partial charge in [0.1, 0.15) is 0 Å².